The van der Waals surface area contributed by atoms with Crippen LogP contribution in [0.5, 0.6) is 11.5 Å². The molecule has 0 radical (unpaired) electrons. The molecule has 0 amide bonds. The van der Waals surface area contributed by atoms with E-state index in [0.717, 1.165) is 22.4 Å². The van der Waals surface area contributed by atoms with Gasteiger partial charge in [0.2, 0.25) is 0 Å². The largest absolute Gasteiger partial charge is 0.490 e. The molecule has 2 aliphatic rings. The summed E-state index contributed by atoms with van der Waals surface area (Å²) >= 11 is 0. The number of methoxy groups -OCH3 is 1. The highest BCUT2D eigenvalue weighted by atomic mass is 16.5. The number of Topliss-reactive ketones (excluding diaryl/α,β-unsaturated/α-hetero) is 1. The van der Waals surface area contributed by atoms with Gasteiger partial charge in [0.15, 0.2) is 17.3 Å². The summed E-state index contributed by atoms with van der Waals surface area (Å²) in [5.41, 5.74) is 6.75. The van der Waals surface area contributed by atoms with Gasteiger partial charge in [0, 0.05) is 28.3 Å². The number of esters is 1. The van der Waals surface area contributed by atoms with Crippen LogP contribution in [0.4, 0.5) is 0 Å². The van der Waals surface area contributed by atoms with Crippen LogP contribution in [0.25, 0.3) is 5.70 Å². The van der Waals surface area contributed by atoms with E-state index in [4.69, 9.17) is 14.2 Å². The van der Waals surface area contributed by atoms with E-state index in [1.54, 1.807) is 0 Å². The van der Waals surface area contributed by atoms with E-state index >= 15 is 0 Å². The van der Waals surface area contributed by atoms with Crippen LogP contribution in [0.3, 0.4) is 0 Å². The van der Waals surface area contributed by atoms with Crippen molar-refractivity contribution in [1.29, 1.82) is 0 Å². The van der Waals surface area contributed by atoms with E-state index in [0.29, 0.717) is 47.1 Å². The molecule has 0 aromatic heterocycles. The maximum Gasteiger partial charge on any atom is 0.336 e. The Kier molecular flexibility index (Phi) is 6.57. The number of allylic oxidation sites excluding steroid dienone is 2. The molecule has 188 valence electrons. The third-order valence-electron chi connectivity index (χ3n) is 6.77. The van der Waals surface area contributed by atoms with Crippen molar-refractivity contribution in [3.63, 3.8) is 0 Å². The molecule has 5 rings (SSSR count). The van der Waals surface area contributed by atoms with Gasteiger partial charge >= 0.3 is 5.97 Å². The molecule has 1 aliphatic carbocycles. The monoisotopic (exact) mass is 495 g/mol. The van der Waals surface area contributed by atoms with Gasteiger partial charge in [0.05, 0.1) is 25.0 Å². The SMILES string of the molecule is CCOc1cc([C@H]2C(C(=O)OC)=C(C)NC3=C2C(=O)c2ccccc23)ccc1OCc1ccc(C)cc1. The molecule has 1 aliphatic heterocycles. The Morgan fingerprint density at radius 2 is 1.65 bits per heavy atom. The molecule has 0 bridgehead atoms. The van der Waals surface area contributed by atoms with Gasteiger partial charge in [0.25, 0.3) is 0 Å². The fraction of sp³-hybridized carbons (Fsp3) is 0.226. The fourth-order valence-corrected chi connectivity index (χ4v) is 4.98. The molecule has 0 fully saturated rings. The van der Waals surface area contributed by atoms with Crippen molar-refractivity contribution in [2.75, 3.05) is 13.7 Å². The van der Waals surface area contributed by atoms with Crippen LogP contribution in [0.2, 0.25) is 0 Å². The highest BCUT2D eigenvalue weighted by Gasteiger charge is 2.43. The molecule has 0 saturated heterocycles. The lowest BCUT2D eigenvalue weighted by molar-refractivity contribution is -0.136. The molecular weight excluding hydrogens is 466 g/mol. The zero-order valence-electron chi connectivity index (χ0n) is 21.4. The summed E-state index contributed by atoms with van der Waals surface area (Å²) in [6.07, 6.45) is 0. The first-order valence-electron chi connectivity index (χ1n) is 12.3. The molecule has 37 heavy (non-hydrogen) atoms. The molecule has 6 heteroatoms. The van der Waals surface area contributed by atoms with Gasteiger partial charge in [-0.25, -0.2) is 4.79 Å². The third-order valence-corrected chi connectivity index (χ3v) is 6.77. The average Bonchev–Trinajstić information content (AvgIpc) is 3.19. The standard InChI is InChI=1S/C31H29NO5/c1-5-36-25-16-21(14-15-24(25)37-17-20-12-10-18(2)11-13-20)27-26(31(34)35-4)19(3)32-29-22-8-6-7-9-23(22)30(33)28(27)29/h6-16,27,32H,5,17H2,1-4H3/t27-/m0/s1. The average molecular weight is 496 g/mol. The molecule has 6 nitrogen and oxygen atoms in total. The summed E-state index contributed by atoms with van der Waals surface area (Å²) in [4.78, 5) is 26.6. The van der Waals surface area contributed by atoms with E-state index < -0.39 is 11.9 Å². The van der Waals surface area contributed by atoms with Crippen LogP contribution < -0.4 is 14.8 Å². The molecule has 1 atom stereocenters. The molecular formula is C31H29NO5. The van der Waals surface area contributed by atoms with Crippen molar-refractivity contribution in [1.82, 2.24) is 5.32 Å². The predicted molar refractivity (Wildman–Crippen MR) is 141 cm³/mol. The third kappa shape index (κ3) is 4.40. The number of nitrogens with one attached hydrogen (secondary N) is 1. The smallest absolute Gasteiger partial charge is 0.336 e. The number of hydrogen-bond acceptors (Lipinski definition) is 6. The number of dihydropyridines is 1. The molecule has 0 spiro atoms. The summed E-state index contributed by atoms with van der Waals surface area (Å²) in [6.45, 7) is 6.61. The summed E-state index contributed by atoms with van der Waals surface area (Å²) < 4.78 is 17.2. The highest BCUT2D eigenvalue weighted by Crippen LogP contribution is 2.48. The van der Waals surface area contributed by atoms with Crippen LogP contribution >= 0.6 is 0 Å². The first kappa shape index (κ1) is 24.4. The van der Waals surface area contributed by atoms with Crippen LogP contribution in [0.15, 0.2) is 83.6 Å². The van der Waals surface area contributed by atoms with E-state index in [1.165, 1.54) is 12.7 Å². The van der Waals surface area contributed by atoms with E-state index in [9.17, 15) is 9.59 Å². The molecule has 0 saturated carbocycles. The number of aryl methyl sites for hydroxylation is 1. The van der Waals surface area contributed by atoms with Crippen molar-refractivity contribution in [3.05, 3.63) is 111 Å². The van der Waals surface area contributed by atoms with E-state index in [2.05, 4.69) is 5.32 Å². The van der Waals surface area contributed by atoms with Crippen molar-refractivity contribution in [3.8, 4) is 11.5 Å². The first-order chi connectivity index (χ1) is 17.9. The van der Waals surface area contributed by atoms with Crippen molar-refractivity contribution in [2.24, 2.45) is 0 Å². The van der Waals surface area contributed by atoms with Gasteiger partial charge in [0.1, 0.15) is 6.61 Å². The van der Waals surface area contributed by atoms with Crippen LogP contribution in [0.1, 0.15) is 52.4 Å². The number of fused-ring (bicyclic) bond motifs is 2. The van der Waals surface area contributed by atoms with Crippen molar-refractivity contribution >= 4 is 17.4 Å². The Bertz CT molecular complexity index is 1450. The van der Waals surface area contributed by atoms with Crippen molar-refractivity contribution in [2.45, 2.75) is 33.3 Å². The summed E-state index contributed by atoms with van der Waals surface area (Å²) in [6, 6.07) is 21.2. The van der Waals surface area contributed by atoms with Gasteiger partial charge < -0.3 is 19.5 Å². The van der Waals surface area contributed by atoms with E-state index in [-0.39, 0.29) is 5.78 Å². The number of rotatable bonds is 7. The lowest BCUT2D eigenvalue weighted by Crippen LogP contribution is -2.29. The first-order valence-corrected chi connectivity index (χ1v) is 12.3. The Balaban J connectivity index is 1.57. The Labute approximate surface area is 216 Å². The van der Waals surface area contributed by atoms with Gasteiger partial charge in [-0.15, -0.1) is 0 Å². The maximum atomic E-state index is 13.6. The minimum atomic E-state index is -0.617. The Morgan fingerprint density at radius 3 is 2.35 bits per heavy atom. The predicted octanol–water partition coefficient (Wildman–Crippen LogP) is 5.71. The number of carbonyl (C=O) groups excluding carboxylic acids is 2. The van der Waals surface area contributed by atoms with Gasteiger partial charge in [-0.3, -0.25) is 4.79 Å². The summed E-state index contributed by atoms with van der Waals surface area (Å²) in [5.74, 6) is -0.0557. The molecule has 0 unspecified atom stereocenters. The topological polar surface area (TPSA) is 73.9 Å². The van der Waals surface area contributed by atoms with E-state index in [1.807, 2.05) is 87.5 Å². The van der Waals surface area contributed by atoms with Gasteiger partial charge in [-0.05, 0) is 44.0 Å². The second kappa shape index (κ2) is 9.97. The number of hydrogen-bond donors (Lipinski definition) is 1. The number of benzene rings is 3. The fourth-order valence-electron chi connectivity index (χ4n) is 4.98. The summed E-state index contributed by atoms with van der Waals surface area (Å²) in [7, 11) is 1.35. The lowest BCUT2D eigenvalue weighted by atomic mass is 9.79. The molecule has 3 aromatic rings. The normalized spacial score (nSPS) is 16.2. The number of carbonyl (C=O) groups is 2. The van der Waals surface area contributed by atoms with Crippen LogP contribution in [-0.2, 0) is 16.1 Å². The highest BCUT2D eigenvalue weighted by molar-refractivity contribution is 6.23. The molecule has 1 N–H and O–H groups in total. The zero-order chi connectivity index (χ0) is 26.1. The Hall–Kier alpha value is -4.32. The lowest BCUT2D eigenvalue weighted by Gasteiger charge is -2.29. The second-order valence-corrected chi connectivity index (χ2v) is 9.17. The van der Waals surface area contributed by atoms with Gasteiger partial charge in [-0.1, -0.05) is 60.2 Å². The maximum absolute atomic E-state index is 13.6. The number of ketones is 1. The summed E-state index contributed by atoms with van der Waals surface area (Å²) in [5, 5.41) is 3.31. The Morgan fingerprint density at radius 1 is 0.919 bits per heavy atom. The molecule has 1 heterocycles. The quantitative estimate of drug-likeness (QED) is 0.423. The van der Waals surface area contributed by atoms with Crippen LogP contribution in [-0.4, -0.2) is 25.5 Å². The second-order valence-electron chi connectivity index (χ2n) is 9.17. The van der Waals surface area contributed by atoms with Crippen molar-refractivity contribution < 1.29 is 23.8 Å². The minimum Gasteiger partial charge on any atom is -0.490 e. The van der Waals surface area contributed by atoms with Gasteiger partial charge in [-0.2, -0.15) is 0 Å². The molecule has 3 aromatic carbocycles. The number of ether oxygens (including phenoxy) is 3. The van der Waals surface area contributed by atoms with Crippen LogP contribution in [0, 0.1) is 6.92 Å². The minimum absolute atomic E-state index is 0.102. The zero-order valence-corrected chi connectivity index (χ0v) is 21.4.